The van der Waals surface area contributed by atoms with Gasteiger partial charge in [0.25, 0.3) is 0 Å². The molecule has 0 aromatic heterocycles. The van der Waals surface area contributed by atoms with Crippen LogP contribution in [0.4, 0.5) is 8.78 Å². The number of aliphatic hydroxyl groups excluding tert-OH is 1. The lowest BCUT2D eigenvalue weighted by atomic mass is 9.44. The van der Waals surface area contributed by atoms with Gasteiger partial charge in [0, 0.05) is 22.7 Å². The maximum atomic E-state index is 17.3. The van der Waals surface area contributed by atoms with Gasteiger partial charge >= 0.3 is 11.9 Å². The Hall–Kier alpha value is -1.51. The van der Waals surface area contributed by atoms with Gasteiger partial charge in [-0.2, -0.15) is 0 Å². The Bertz CT molecular complexity index is 1020. The van der Waals surface area contributed by atoms with E-state index in [0.29, 0.717) is 0 Å². The second-order valence-corrected chi connectivity index (χ2v) is 11.8. The third kappa shape index (κ3) is 3.31. The van der Waals surface area contributed by atoms with Crippen LogP contribution in [-0.2, 0) is 23.9 Å². The summed E-state index contributed by atoms with van der Waals surface area (Å²) in [5, 5.41) is 11.4. The molecular formula is C25H30Cl2F2O6. The molecule has 3 fully saturated rings. The fourth-order valence-electron chi connectivity index (χ4n) is 7.66. The molecule has 6 nitrogen and oxygen atoms in total. The van der Waals surface area contributed by atoms with Gasteiger partial charge in [-0.05, 0) is 56.8 Å². The zero-order chi connectivity index (χ0) is 26.1. The fraction of sp³-hybridized carbons (Fsp3) is 0.720. The number of hydrogen-bond donors (Lipinski definition) is 1. The van der Waals surface area contributed by atoms with E-state index in [1.54, 1.807) is 20.8 Å². The molecule has 4 rings (SSSR count). The van der Waals surface area contributed by atoms with Crippen LogP contribution in [0.2, 0.25) is 0 Å². The predicted molar refractivity (Wildman–Crippen MR) is 124 cm³/mol. The van der Waals surface area contributed by atoms with Gasteiger partial charge in [0.2, 0.25) is 10.4 Å². The third-order valence-electron chi connectivity index (χ3n) is 9.19. The maximum Gasteiger partial charge on any atom is 0.351 e. The van der Waals surface area contributed by atoms with Crippen LogP contribution in [0.3, 0.4) is 0 Å². The topological polar surface area (TPSA) is 89.9 Å². The highest BCUT2D eigenvalue weighted by Crippen LogP contribution is 2.71. The number of aliphatic hydroxyl groups is 1. The molecule has 4 aliphatic rings. The van der Waals surface area contributed by atoms with E-state index in [1.165, 1.54) is 19.1 Å². The van der Waals surface area contributed by atoms with Crippen molar-refractivity contribution in [3.63, 3.8) is 0 Å². The molecule has 194 valence electrons. The summed E-state index contributed by atoms with van der Waals surface area (Å²) in [6.45, 7) is 6.41. The summed E-state index contributed by atoms with van der Waals surface area (Å²) >= 11 is 11.5. The molecule has 0 aromatic carbocycles. The van der Waals surface area contributed by atoms with Crippen LogP contribution in [0.25, 0.3) is 0 Å². The van der Waals surface area contributed by atoms with Crippen molar-refractivity contribution in [1.29, 1.82) is 0 Å². The zero-order valence-corrected chi connectivity index (χ0v) is 21.5. The Labute approximate surface area is 213 Å². The molecule has 0 bridgehead atoms. The van der Waals surface area contributed by atoms with Crippen LogP contribution in [0.5, 0.6) is 0 Å². The smallest absolute Gasteiger partial charge is 0.351 e. The van der Waals surface area contributed by atoms with Crippen molar-refractivity contribution in [2.24, 2.45) is 28.6 Å². The lowest BCUT2D eigenvalue weighted by Crippen LogP contribution is -2.71. The quantitative estimate of drug-likeness (QED) is 0.429. The Kier molecular flexibility index (Phi) is 6.46. The van der Waals surface area contributed by atoms with Crippen molar-refractivity contribution >= 4 is 40.9 Å². The molecule has 0 radical (unpaired) electrons. The number of ketones is 1. The van der Waals surface area contributed by atoms with Gasteiger partial charge in [-0.15, -0.1) is 0 Å². The zero-order valence-electron chi connectivity index (χ0n) is 20.0. The molecule has 0 aromatic rings. The van der Waals surface area contributed by atoms with Crippen LogP contribution in [-0.4, -0.2) is 57.8 Å². The van der Waals surface area contributed by atoms with Gasteiger partial charge in [-0.25, -0.2) is 18.4 Å². The summed E-state index contributed by atoms with van der Waals surface area (Å²) < 4.78 is 43.9. The highest BCUT2D eigenvalue weighted by molar-refractivity contribution is 6.53. The highest BCUT2D eigenvalue weighted by Gasteiger charge is 2.78. The standard InChI is InChI=1S/C25H30Cl2F2O6/c1-5-34-21(33)25(35-20(32)19(26)27)12(2)8-14-15-10-17(28)16-9-13(30)6-7-22(16,3)24(15,29)18(31)11-23(14,25)4/h6-7,9,12,14-15,17-19,31H,5,8,10-11H2,1-4H3/t12-,14?,15?,17+,18+,22?,23?,24+,25+/m1/s1. The van der Waals surface area contributed by atoms with Gasteiger partial charge in [0.1, 0.15) is 6.17 Å². The number of ether oxygens (including phenoxy) is 2. The van der Waals surface area contributed by atoms with Crippen molar-refractivity contribution in [1.82, 2.24) is 0 Å². The van der Waals surface area contributed by atoms with Gasteiger partial charge < -0.3 is 14.6 Å². The van der Waals surface area contributed by atoms with Gasteiger partial charge in [-0.3, -0.25) is 4.79 Å². The number of alkyl halides is 4. The Morgan fingerprint density at radius 3 is 2.51 bits per heavy atom. The Morgan fingerprint density at radius 2 is 1.91 bits per heavy atom. The van der Waals surface area contributed by atoms with Crippen LogP contribution in [0, 0.1) is 28.6 Å². The molecule has 0 saturated heterocycles. The summed E-state index contributed by atoms with van der Waals surface area (Å²) in [5.74, 6) is -4.67. The Balaban J connectivity index is 1.87. The first kappa shape index (κ1) is 26.6. The van der Waals surface area contributed by atoms with E-state index in [-0.39, 0.29) is 31.4 Å². The first-order valence-electron chi connectivity index (χ1n) is 11.8. The third-order valence-corrected chi connectivity index (χ3v) is 9.54. The van der Waals surface area contributed by atoms with Crippen molar-refractivity contribution < 1.29 is 37.7 Å². The first-order chi connectivity index (χ1) is 16.2. The lowest BCUT2D eigenvalue weighted by molar-refractivity contribution is -0.238. The average Bonchev–Trinajstić information content (AvgIpc) is 2.99. The fourth-order valence-corrected chi connectivity index (χ4v) is 7.75. The van der Waals surface area contributed by atoms with Crippen molar-refractivity contribution in [2.45, 2.75) is 75.3 Å². The predicted octanol–water partition coefficient (Wildman–Crippen LogP) is 4.20. The molecule has 0 heterocycles. The molecule has 3 saturated carbocycles. The monoisotopic (exact) mass is 534 g/mol. The molecule has 1 N–H and O–H groups in total. The van der Waals surface area contributed by atoms with E-state index in [4.69, 9.17) is 32.7 Å². The molecule has 0 amide bonds. The number of esters is 2. The molecule has 0 spiro atoms. The first-order valence-corrected chi connectivity index (χ1v) is 12.7. The number of hydrogen-bond acceptors (Lipinski definition) is 6. The minimum absolute atomic E-state index is 0.00653. The van der Waals surface area contributed by atoms with E-state index in [2.05, 4.69) is 0 Å². The van der Waals surface area contributed by atoms with Crippen LogP contribution in [0.15, 0.2) is 23.8 Å². The summed E-state index contributed by atoms with van der Waals surface area (Å²) in [6.07, 6.45) is 0.0380. The molecule has 10 heteroatoms. The lowest BCUT2D eigenvalue weighted by Gasteiger charge is -2.63. The number of fused-ring (bicyclic) bond motifs is 5. The molecule has 4 aliphatic carbocycles. The van der Waals surface area contributed by atoms with Crippen LogP contribution >= 0.6 is 23.2 Å². The number of halogens is 4. The van der Waals surface area contributed by atoms with E-state index < -0.39 is 74.7 Å². The summed E-state index contributed by atoms with van der Waals surface area (Å²) in [7, 11) is 0. The van der Waals surface area contributed by atoms with E-state index in [0.717, 1.165) is 6.08 Å². The normalized spacial score (nSPS) is 46.4. The molecule has 4 unspecified atom stereocenters. The number of allylic oxidation sites excluding steroid dienone is 4. The minimum atomic E-state index is -2.32. The van der Waals surface area contributed by atoms with E-state index >= 15 is 8.78 Å². The molecule has 0 aliphatic heterocycles. The maximum absolute atomic E-state index is 17.3. The van der Waals surface area contributed by atoms with E-state index in [1.807, 2.05) is 0 Å². The average molecular weight is 535 g/mol. The minimum Gasteiger partial charge on any atom is -0.463 e. The molecular weight excluding hydrogens is 505 g/mol. The Morgan fingerprint density at radius 1 is 1.26 bits per heavy atom. The van der Waals surface area contributed by atoms with Crippen LogP contribution < -0.4 is 0 Å². The summed E-state index contributed by atoms with van der Waals surface area (Å²) in [6, 6.07) is 0. The summed E-state index contributed by atoms with van der Waals surface area (Å²) in [4.78, 5) is 36.4. The van der Waals surface area contributed by atoms with Gasteiger partial charge in [0.05, 0.1) is 12.7 Å². The number of carbonyl (C=O) groups is 3. The second-order valence-electron chi connectivity index (χ2n) is 10.7. The SMILES string of the molecule is CCOC(=O)[C@@]1(OC(=O)C(Cl)Cl)[C@H](C)CC2C3C[C@H](F)C4=CC(=O)C=CC4(C)[C@@]3(F)[C@@H](O)CC21C. The number of carbonyl (C=O) groups excluding carboxylic acids is 3. The molecule has 35 heavy (non-hydrogen) atoms. The number of rotatable bonds is 4. The molecule has 9 atom stereocenters. The summed E-state index contributed by atoms with van der Waals surface area (Å²) in [5.41, 5.74) is -7.08. The second kappa shape index (κ2) is 8.52. The largest absolute Gasteiger partial charge is 0.463 e. The van der Waals surface area contributed by atoms with Crippen molar-refractivity contribution in [3.8, 4) is 0 Å². The van der Waals surface area contributed by atoms with E-state index in [9.17, 15) is 19.5 Å². The van der Waals surface area contributed by atoms with Crippen molar-refractivity contribution in [3.05, 3.63) is 23.8 Å². The van der Waals surface area contributed by atoms with Crippen molar-refractivity contribution in [2.75, 3.05) is 6.61 Å². The van der Waals surface area contributed by atoms with Crippen LogP contribution in [0.1, 0.15) is 47.0 Å². The van der Waals surface area contributed by atoms with Gasteiger partial charge in [0.15, 0.2) is 11.5 Å². The highest BCUT2D eigenvalue weighted by atomic mass is 35.5. The van der Waals surface area contributed by atoms with Gasteiger partial charge in [-0.1, -0.05) is 43.1 Å².